The maximum absolute atomic E-state index is 11.4. The fraction of sp³-hybridized carbons (Fsp3) is 0.909. The van der Waals surface area contributed by atoms with Crippen LogP contribution in [0.5, 0.6) is 0 Å². The summed E-state index contributed by atoms with van der Waals surface area (Å²) in [6.45, 7) is 4.82. The van der Waals surface area contributed by atoms with E-state index in [2.05, 4.69) is 24.5 Å². The lowest BCUT2D eigenvalue weighted by atomic mass is 10.0. The Hall–Kier alpha value is -0.420. The highest BCUT2D eigenvalue weighted by molar-refractivity contribution is 7.98. The Bertz CT molecular complexity index is 189. The van der Waals surface area contributed by atoms with Gasteiger partial charge in [-0.25, -0.2) is 4.79 Å². The zero-order valence-corrected chi connectivity index (χ0v) is 11.3. The third kappa shape index (κ3) is 8.85. The Morgan fingerprint density at radius 2 is 2.12 bits per heavy atom. The second kappa shape index (κ2) is 9.78. The van der Waals surface area contributed by atoms with Crippen LogP contribution in [0.4, 0.5) is 4.79 Å². The van der Waals surface area contributed by atoms with E-state index in [1.807, 2.05) is 6.26 Å². The van der Waals surface area contributed by atoms with E-state index in [0.717, 1.165) is 18.6 Å². The molecule has 3 N–H and O–H groups in total. The lowest BCUT2D eigenvalue weighted by Crippen LogP contribution is -2.44. The predicted molar refractivity (Wildman–Crippen MR) is 69.9 cm³/mol. The van der Waals surface area contributed by atoms with Crippen molar-refractivity contribution in [3.63, 3.8) is 0 Å². The molecule has 0 heterocycles. The predicted octanol–water partition coefficient (Wildman–Crippen LogP) is 1.45. The molecule has 0 bridgehead atoms. The third-order valence-corrected chi connectivity index (χ3v) is 2.82. The molecule has 0 aliphatic heterocycles. The molecule has 16 heavy (non-hydrogen) atoms. The average Bonchev–Trinajstić information content (AvgIpc) is 2.23. The molecule has 0 aromatic heterocycles. The molecule has 4 nitrogen and oxygen atoms in total. The van der Waals surface area contributed by atoms with Crippen LogP contribution in [0.15, 0.2) is 0 Å². The van der Waals surface area contributed by atoms with Gasteiger partial charge in [0, 0.05) is 6.54 Å². The number of hydrogen-bond donors (Lipinski definition) is 3. The number of aliphatic hydroxyl groups excluding tert-OH is 1. The molecule has 5 heteroatoms. The summed E-state index contributed by atoms with van der Waals surface area (Å²) in [5, 5.41) is 14.6. The number of carbonyl (C=O) groups is 1. The molecule has 96 valence electrons. The molecule has 0 aromatic rings. The van der Waals surface area contributed by atoms with Crippen molar-refractivity contribution in [2.45, 2.75) is 32.7 Å². The molecule has 1 unspecified atom stereocenters. The number of rotatable bonds is 8. The standard InChI is InChI=1S/C11H24N2O2S/c1-9(2)7-10(8-14)13-11(15)12-5-4-6-16-3/h9-10,14H,4-8H2,1-3H3,(H2,12,13,15). The Morgan fingerprint density at radius 1 is 1.44 bits per heavy atom. The summed E-state index contributed by atoms with van der Waals surface area (Å²) < 4.78 is 0. The summed E-state index contributed by atoms with van der Waals surface area (Å²) >= 11 is 1.77. The van der Waals surface area contributed by atoms with Crippen LogP contribution in [0, 0.1) is 5.92 Å². The van der Waals surface area contributed by atoms with Crippen LogP contribution in [0.2, 0.25) is 0 Å². The van der Waals surface area contributed by atoms with Crippen LogP contribution >= 0.6 is 11.8 Å². The summed E-state index contributed by atoms with van der Waals surface area (Å²) in [6, 6.07) is -0.318. The monoisotopic (exact) mass is 248 g/mol. The van der Waals surface area contributed by atoms with Crippen molar-refractivity contribution in [1.29, 1.82) is 0 Å². The molecule has 0 fully saturated rings. The highest BCUT2D eigenvalue weighted by atomic mass is 32.2. The Morgan fingerprint density at radius 3 is 2.62 bits per heavy atom. The highest BCUT2D eigenvalue weighted by Gasteiger charge is 2.12. The number of carbonyl (C=O) groups excluding carboxylic acids is 1. The van der Waals surface area contributed by atoms with Gasteiger partial charge in [-0.1, -0.05) is 13.8 Å². The molecule has 0 aliphatic rings. The molecular weight excluding hydrogens is 224 g/mol. The molecule has 0 aromatic carbocycles. The van der Waals surface area contributed by atoms with Gasteiger partial charge in [0.15, 0.2) is 0 Å². The second-order valence-electron chi connectivity index (χ2n) is 4.26. The minimum absolute atomic E-state index is 0.00356. The van der Waals surface area contributed by atoms with E-state index in [9.17, 15) is 4.79 Å². The molecule has 2 amide bonds. The van der Waals surface area contributed by atoms with Gasteiger partial charge in [0.1, 0.15) is 0 Å². The molecule has 0 rings (SSSR count). The largest absolute Gasteiger partial charge is 0.394 e. The minimum atomic E-state index is -0.180. The number of urea groups is 1. The van der Waals surface area contributed by atoms with Crippen LogP contribution in [-0.2, 0) is 0 Å². The Kier molecular flexibility index (Phi) is 9.52. The first-order valence-corrected chi connectivity index (χ1v) is 7.13. The molecule has 0 radical (unpaired) electrons. The van der Waals surface area contributed by atoms with Gasteiger partial charge in [0.25, 0.3) is 0 Å². The zero-order chi connectivity index (χ0) is 12.4. The Labute approximate surface area is 103 Å². The number of amides is 2. The number of nitrogens with one attached hydrogen (secondary N) is 2. The van der Waals surface area contributed by atoms with Crippen molar-refractivity contribution in [2.24, 2.45) is 5.92 Å². The van der Waals surface area contributed by atoms with Gasteiger partial charge in [-0.15, -0.1) is 0 Å². The van der Waals surface area contributed by atoms with Crippen LogP contribution < -0.4 is 10.6 Å². The van der Waals surface area contributed by atoms with Crippen LogP contribution in [-0.4, -0.2) is 42.3 Å². The van der Waals surface area contributed by atoms with Gasteiger partial charge in [0.2, 0.25) is 0 Å². The maximum Gasteiger partial charge on any atom is 0.315 e. The lowest BCUT2D eigenvalue weighted by Gasteiger charge is -2.18. The van der Waals surface area contributed by atoms with Gasteiger partial charge < -0.3 is 15.7 Å². The van der Waals surface area contributed by atoms with Gasteiger partial charge in [-0.3, -0.25) is 0 Å². The van der Waals surface area contributed by atoms with Crippen molar-refractivity contribution >= 4 is 17.8 Å². The fourth-order valence-electron chi connectivity index (χ4n) is 1.40. The van der Waals surface area contributed by atoms with Gasteiger partial charge in [-0.05, 0) is 30.8 Å². The number of aliphatic hydroxyl groups is 1. The summed E-state index contributed by atoms with van der Waals surface area (Å²) in [6.07, 6.45) is 3.82. The summed E-state index contributed by atoms with van der Waals surface area (Å²) in [4.78, 5) is 11.4. The van der Waals surface area contributed by atoms with Crippen molar-refractivity contribution in [3.8, 4) is 0 Å². The molecule has 0 aliphatic carbocycles. The van der Waals surface area contributed by atoms with Crippen molar-refractivity contribution < 1.29 is 9.90 Å². The SMILES string of the molecule is CSCCCNC(=O)NC(CO)CC(C)C. The first-order valence-electron chi connectivity index (χ1n) is 5.74. The van der Waals surface area contributed by atoms with Crippen LogP contribution in [0.3, 0.4) is 0 Å². The van der Waals surface area contributed by atoms with Gasteiger partial charge in [-0.2, -0.15) is 11.8 Å². The van der Waals surface area contributed by atoms with E-state index in [1.165, 1.54) is 0 Å². The summed E-state index contributed by atoms with van der Waals surface area (Å²) in [7, 11) is 0. The maximum atomic E-state index is 11.4. The number of hydrogen-bond acceptors (Lipinski definition) is 3. The van der Waals surface area contributed by atoms with E-state index in [1.54, 1.807) is 11.8 Å². The zero-order valence-electron chi connectivity index (χ0n) is 10.5. The van der Waals surface area contributed by atoms with E-state index in [0.29, 0.717) is 12.5 Å². The van der Waals surface area contributed by atoms with E-state index >= 15 is 0 Å². The van der Waals surface area contributed by atoms with Crippen molar-refractivity contribution in [2.75, 3.05) is 25.2 Å². The first kappa shape index (κ1) is 15.6. The van der Waals surface area contributed by atoms with Gasteiger partial charge >= 0.3 is 6.03 Å². The second-order valence-corrected chi connectivity index (χ2v) is 5.24. The topological polar surface area (TPSA) is 61.4 Å². The molecule has 0 saturated heterocycles. The van der Waals surface area contributed by atoms with E-state index < -0.39 is 0 Å². The normalized spacial score (nSPS) is 12.6. The summed E-state index contributed by atoms with van der Waals surface area (Å²) in [5.41, 5.74) is 0. The average molecular weight is 248 g/mol. The molecule has 0 spiro atoms. The lowest BCUT2D eigenvalue weighted by molar-refractivity contribution is 0.207. The van der Waals surface area contributed by atoms with Crippen molar-refractivity contribution in [3.05, 3.63) is 0 Å². The molecule has 0 saturated carbocycles. The third-order valence-electron chi connectivity index (χ3n) is 2.12. The number of thioether (sulfide) groups is 1. The van der Waals surface area contributed by atoms with E-state index in [-0.39, 0.29) is 18.7 Å². The molecule has 1 atom stereocenters. The first-order chi connectivity index (χ1) is 7.60. The minimum Gasteiger partial charge on any atom is -0.394 e. The molecular formula is C11H24N2O2S. The van der Waals surface area contributed by atoms with E-state index in [4.69, 9.17) is 5.11 Å². The smallest absolute Gasteiger partial charge is 0.315 e. The van der Waals surface area contributed by atoms with Crippen LogP contribution in [0.1, 0.15) is 26.7 Å². The fourth-order valence-corrected chi connectivity index (χ4v) is 1.84. The Balaban J connectivity index is 3.66. The van der Waals surface area contributed by atoms with Crippen LogP contribution in [0.25, 0.3) is 0 Å². The van der Waals surface area contributed by atoms with Gasteiger partial charge in [0.05, 0.1) is 12.6 Å². The highest BCUT2D eigenvalue weighted by Crippen LogP contribution is 2.03. The summed E-state index contributed by atoms with van der Waals surface area (Å²) in [5.74, 6) is 1.52. The van der Waals surface area contributed by atoms with Crippen molar-refractivity contribution in [1.82, 2.24) is 10.6 Å². The quantitative estimate of drug-likeness (QED) is 0.570.